The molecular weight excluding hydrogens is 214 g/mol. The maximum Gasteiger partial charge on any atom is 0.0332 e. The molecule has 0 bridgehead atoms. The van der Waals surface area contributed by atoms with Gasteiger partial charge in [-0.3, -0.25) is 0 Å². The van der Waals surface area contributed by atoms with Gasteiger partial charge in [0.25, 0.3) is 0 Å². The zero-order valence-electron chi connectivity index (χ0n) is 7.10. The van der Waals surface area contributed by atoms with Gasteiger partial charge in [0, 0.05) is 10.5 Å². The number of rotatable bonds is 1. The number of hydrogen-bond donors (Lipinski definition) is 1. The molecule has 0 amide bonds. The Morgan fingerprint density at radius 2 is 2.17 bits per heavy atom. The van der Waals surface area contributed by atoms with Crippen LogP contribution in [0, 0.1) is 6.92 Å². The molecule has 1 unspecified atom stereocenters. The molecule has 2 heteroatoms. The van der Waals surface area contributed by atoms with Crippen molar-refractivity contribution >= 4 is 15.9 Å². The topological polar surface area (TPSA) is 12.0 Å². The summed E-state index contributed by atoms with van der Waals surface area (Å²) in [6, 6.07) is 7.19. The van der Waals surface area contributed by atoms with E-state index in [1.807, 2.05) is 0 Å². The Morgan fingerprint density at radius 1 is 1.42 bits per heavy atom. The summed E-state index contributed by atoms with van der Waals surface area (Å²) in [5, 5.41) is 3.40. The largest absolute Gasteiger partial charge is 0.310 e. The van der Waals surface area contributed by atoms with Crippen molar-refractivity contribution in [2.24, 2.45) is 0 Å². The summed E-state index contributed by atoms with van der Waals surface area (Å²) in [7, 11) is 0. The first-order chi connectivity index (χ1) is 5.75. The van der Waals surface area contributed by atoms with E-state index in [0.717, 1.165) is 6.54 Å². The van der Waals surface area contributed by atoms with Gasteiger partial charge in [0.15, 0.2) is 0 Å². The number of nitrogens with one attached hydrogen (secondary N) is 1. The highest BCUT2D eigenvalue weighted by Crippen LogP contribution is 2.26. The van der Waals surface area contributed by atoms with E-state index in [4.69, 9.17) is 0 Å². The molecular formula is C10H12BrN. The first-order valence-corrected chi connectivity index (χ1v) is 5.05. The Balaban J connectivity index is 2.30. The lowest BCUT2D eigenvalue weighted by atomic mass is 9.97. The minimum absolute atomic E-state index is 0.598. The van der Waals surface area contributed by atoms with Crippen LogP contribution in [0.25, 0.3) is 0 Å². The van der Waals surface area contributed by atoms with Crippen LogP contribution in [-0.2, 0) is 0 Å². The highest BCUT2D eigenvalue weighted by Gasteiger charge is 2.18. The van der Waals surface area contributed by atoms with Gasteiger partial charge < -0.3 is 5.32 Å². The molecule has 1 aliphatic rings. The Bertz CT molecular complexity index is 272. The second-order valence-electron chi connectivity index (χ2n) is 3.36. The van der Waals surface area contributed by atoms with Crippen LogP contribution >= 0.6 is 15.9 Å². The first-order valence-electron chi connectivity index (χ1n) is 4.26. The summed E-state index contributed by atoms with van der Waals surface area (Å²) < 4.78 is 1.19. The molecule has 1 aromatic carbocycles. The van der Waals surface area contributed by atoms with Gasteiger partial charge in [-0.25, -0.2) is 0 Å². The van der Waals surface area contributed by atoms with Gasteiger partial charge in [0.2, 0.25) is 0 Å². The van der Waals surface area contributed by atoms with Crippen LogP contribution in [-0.4, -0.2) is 6.54 Å². The lowest BCUT2D eigenvalue weighted by Crippen LogP contribution is -2.34. The zero-order valence-corrected chi connectivity index (χ0v) is 8.69. The molecule has 0 radical (unpaired) electrons. The lowest BCUT2D eigenvalue weighted by Gasteiger charge is -2.28. The van der Waals surface area contributed by atoms with Gasteiger partial charge in [-0.15, -0.1) is 0 Å². The predicted molar refractivity (Wildman–Crippen MR) is 54.2 cm³/mol. The van der Waals surface area contributed by atoms with Gasteiger partial charge >= 0.3 is 0 Å². The third-order valence-corrected chi connectivity index (χ3v) is 2.75. The van der Waals surface area contributed by atoms with E-state index < -0.39 is 0 Å². The van der Waals surface area contributed by atoms with Gasteiger partial charge in [-0.2, -0.15) is 0 Å². The summed E-state index contributed by atoms with van der Waals surface area (Å²) in [5.41, 5.74) is 2.74. The maximum absolute atomic E-state index is 3.51. The predicted octanol–water partition coefficient (Wildman–Crippen LogP) is 2.79. The van der Waals surface area contributed by atoms with Crippen molar-refractivity contribution in [1.82, 2.24) is 5.32 Å². The van der Waals surface area contributed by atoms with E-state index in [-0.39, 0.29) is 0 Å². The standard InChI is InChI=1S/C10H12BrN/c1-7-4-8(6-9(11)5-7)10-2-3-12-10/h4-6,10,12H,2-3H2,1H3. The van der Waals surface area contributed by atoms with Crippen molar-refractivity contribution in [2.75, 3.05) is 6.54 Å². The monoisotopic (exact) mass is 225 g/mol. The summed E-state index contributed by atoms with van der Waals surface area (Å²) in [6.07, 6.45) is 1.27. The smallest absolute Gasteiger partial charge is 0.0332 e. The van der Waals surface area contributed by atoms with E-state index in [0.29, 0.717) is 6.04 Å². The van der Waals surface area contributed by atoms with Crippen LogP contribution in [0.1, 0.15) is 23.6 Å². The third kappa shape index (κ3) is 1.54. The quantitative estimate of drug-likeness (QED) is 0.776. The molecule has 1 aliphatic heterocycles. The molecule has 1 nitrogen and oxygen atoms in total. The molecule has 12 heavy (non-hydrogen) atoms. The van der Waals surface area contributed by atoms with Crippen molar-refractivity contribution in [3.05, 3.63) is 33.8 Å². The molecule has 64 valence electrons. The van der Waals surface area contributed by atoms with Crippen molar-refractivity contribution in [1.29, 1.82) is 0 Å². The summed E-state index contributed by atoms with van der Waals surface area (Å²) in [6.45, 7) is 3.29. The Labute approximate surface area is 81.3 Å². The SMILES string of the molecule is Cc1cc(Br)cc(C2CCN2)c1. The highest BCUT2D eigenvalue weighted by atomic mass is 79.9. The van der Waals surface area contributed by atoms with Crippen LogP contribution in [0.2, 0.25) is 0 Å². The molecule has 1 atom stereocenters. The number of halogens is 1. The van der Waals surface area contributed by atoms with Gasteiger partial charge in [0.05, 0.1) is 0 Å². The van der Waals surface area contributed by atoms with E-state index in [2.05, 4.69) is 46.4 Å². The van der Waals surface area contributed by atoms with Crippen molar-refractivity contribution in [3.8, 4) is 0 Å². The first kappa shape index (κ1) is 8.27. The van der Waals surface area contributed by atoms with E-state index >= 15 is 0 Å². The summed E-state index contributed by atoms with van der Waals surface area (Å²) in [5.74, 6) is 0. The molecule has 0 saturated carbocycles. The second-order valence-corrected chi connectivity index (χ2v) is 4.27. The van der Waals surface area contributed by atoms with Crippen LogP contribution in [0.4, 0.5) is 0 Å². The average molecular weight is 226 g/mol. The van der Waals surface area contributed by atoms with Crippen LogP contribution < -0.4 is 5.32 Å². The molecule has 2 rings (SSSR count). The van der Waals surface area contributed by atoms with Gasteiger partial charge in [-0.1, -0.05) is 22.0 Å². The fraction of sp³-hybridized carbons (Fsp3) is 0.400. The third-order valence-electron chi connectivity index (χ3n) is 2.29. The molecule has 1 aromatic rings. The number of aryl methyl sites for hydroxylation is 1. The molecule has 1 saturated heterocycles. The normalized spacial score (nSPS) is 22.0. The molecule has 1 N–H and O–H groups in total. The lowest BCUT2D eigenvalue weighted by molar-refractivity contribution is 0.383. The highest BCUT2D eigenvalue weighted by molar-refractivity contribution is 9.10. The Morgan fingerprint density at radius 3 is 2.67 bits per heavy atom. The number of hydrogen-bond acceptors (Lipinski definition) is 1. The van der Waals surface area contributed by atoms with Crippen molar-refractivity contribution in [2.45, 2.75) is 19.4 Å². The summed E-state index contributed by atoms with van der Waals surface area (Å²) in [4.78, 5) is 0. The fourth-order valence-electron chi connectivity index (χ4n) is 1.54. The van der Waals surface area contributed by atoms with Crippen molar-refractivity contribution in [3.63, 3.8) is 0 Å². The van der Waals surface area contributed by atoms with Crippen LogP contribution in [0.3, 0.4) is 0 Å². The van der Waals surface area contributed by atoms with E-state index in [1.165, 1.54) is 22.0 Å². The van der Waals surface area contributed by atoms with Gasteiger partial charge in [0.1, 0.15) is 0 Å². The number of benzene rings is 1. The zero-order chi connectivity index (χ0) is 8.55. The van der Waals surface area contributed by atoms with Crippen molar-refractivity contribution < 1.29 is 0 Å². The Kier molecular flexibility index (Phi) is 2.20. The van der Waals surface area contributed by atoms with Gasteiger partial charge in [-0.05, 0) is 43.1 Å². The van der Waals surface area contributed by atoms with E-state index in [9.17, 15) is 0 Å². The van der Waals surface area contributed by atoms with Crippen LogP contribution in [0.5, 0.6) is 0 Å². The second kappa shape index (κ2) is 3.19. The minimum atomic E-state index is 0.598. The Hall–Kier alpha value is -0.340. The molecule has 0 aromatic heterocycles. The molecule has 0 spiro atoms. The van der Waals surface area contributed by atoms with E-state index in [1.54, 1.807) is 0 Å². The molecule has 1 heterocycles. The molecule has 0 aliphatic carbocycles. The average Bonchev–Trinajstić information content (AvgIpc) is 1.79. The summed E-state index contributed by atoms with van der Waals surface area (Å²) >= 11 is 3.51. The fourth-order valence-corrected chi connectivity index (χ4v) is 2.16. The minimum Gasteiger partial charge on any atom is -0.310 e. The molecule has 1 fully saturated rings. The maximum atomic E-state index is 3.51. The van der Waals surface area contributed by atoms with Crippen LogP contribution in [0.15, 0.2) is 22.7 Å².